The van der Waals surface area contributed by atoms with Gasteiger partial charge in [-0.1, -0.05) is 12.1 Å². The first-order chi connectivity index (χ1) is 26.1. The van der Waals surface area contributed by atoms with Gasteiger partial charge >= 0.3 is 35.8 Å². The van der Waals surface area contributed by atoms with Gasteiger partial charge in [-0.15, -0.1) is 0 Å². The molecule has 4 rings (SSSR count). The summed E-state index contributed by atoms with van der Waals surface area (Å²) in [4.78, 5) is 71.7. The fourth-order valence-corrected chi connectivity index (χ4v) is 6.46. The number of carbonyl (C=O) groups excluding carboxylic acids is 6. The Kier molecular flexibility index (Phi) is 14.8. The van der Waals surface area contributed by atoms with Crippen molar-refractivity contribution in [3.8, 4) is 23.0 Å². The zero-order valence-electron chi connectivity index (χ0n) is 31.9. The van der Waals surface area contributed by atoms with Crippen LogP contribution in [0.25, 0.3) is 0 Å². The molecule has 2 heterocycles. The predicted octanol–water partition coefficient (Wildman–Crippen LogP) is 3.20. The second-order valence-electron chi connectivity index (χ2n) is 12.9. The summed E-state index contributed by atoms with van der Waals surface area (Å²) in [6.45, 7) is 7.13. The van der Waals surface area contributed by atoms with Crippen molar-refractivity contribution in [3.05, 3.63) is 47.5 Å². The molecule has 0 aliphatic carbocycles. The van der Waals surface area contributed by atoms with Crippen LogP contribution in [0.4, 0.5) is 0 Å². The Bertz CT molecular complexity index is 1720. The number of hydrogen-bond donors (Lipinski definition) is 0. The summed E-state index contributed by atoms with van der Waals surface area (Å²) in [5.74, 6) is -3.36. The number of ether oxygens (including phenoxy) is 11. The lowest BCUT2D eigenvalue weighted by atomic mass is 9.84. The highest BCUT2D eigenvalue weighted by molar-refractivity contribution is 5.71. The van der Waals surface area contributed by atoms with Crippen LogP contribution in [0.15, 0.2) is 36.4 Å². The quantitative estimate of drug-likeness (QED) is 0.145. The van der Waals surface area contributed by atoms with Crippen LogP contribution in [0.3, 0.4) is 0 Å². The van der Waals surface area contributed by atoms with E-state index in [9.17, 15) is 28.8 Å². The number of carbonyl (C=O) groups is 6. The Hall–Kier alpha value is -5.42. The van der Waals surface area contributed by atoms with Gasteiger partial charge in [0.25, 0.3) is 0 Å². The van der Waals surface area contributed by atoms with Crippen LogP contribution in [0.1, 0.15) is 58.8 Å². The van der Waals surface area contributed by atoms with E-state index in [1.165, 1.54) is 35.0 Å². The summed E-state index contributed by atoms with van der Waals surface area (Å²) in [6.07, 6.45) is -6.92. The summed E-state index contributed by atoms with van der Waals surface area (Å²) >= 11 is 0. The highest BCUT2D eigenvalue weighted by Crippen LogP contribution is 2.43. The van der Waals surface area contributed by atoms with Crippen LogP contribution in [-0.2, 0) is 68.3 Å². The second kappa shape index (κ2) is 19.3. The molecule has 0 spiro atoms. The van der Waals surface area contributed by atoms with Gasteiger partial charge in [-0.2, -0.15) is 0 Å². The third kappa shape index (κ3) is 11.5. The average Bonchev–Trinajstić information content (AvgIpc) is 3.50. The summed E-state index contributed by atoms with van der Waals surface area (Å²) in [5.41, 5.74) is 1.54. The van der Waals surface area contributed by atoms with E-state index in [0.717, 1.165) is 31.9 Å². The molecule has 8 unspecified atom stereocenters. The molecule has 0 saturated carbocycles. The van der Waals surface area contributed by atoms with Crippen LogP contribution in [-0.4, -0.2) is 101 Å². The standard InChI is InChI=1S/C38H46O17/c1-19(39)47-17-28-27(16-49-34(28)26-10-12-29(50-21(3)41)32(15-26)46-8)13-25-9-11-30(31(14-25)45-7)54-38-37(53-24(6)44)36(52-23(5)43)35(51-22(4)42)33(55-38)18-48-20(2)40/h9-12,14-15,27-28,33-38H,13,16-18H2,1-8H3. The first-order valence-electron chi connectivity index (χ1n) is 17.3. The van der Waals surface area contributed by atoms with Crippen molar-refractivity contribution in [2.45, 2.75) is 84.8 Å². The molecule has 300 valence electrons. The fraction of sp³-hybridized carbons (Fsp3) is 0.526. The molecule has 55 heavy (non-hydrogen) atoms. The van der Waals surface area contributed by atoms with E-state index in [-0.39, 0.29) is 35.7 Å². The van der Waals surface area contributed by atoms with Crippen molar-refractivity contribution in [2.75, 3.05) is 34.0 Å². The van der Waals surface area contributed by atoms with E-state index >= 15 is 0 Å². The smallest absolute Gasteiger partial charge is 0.308 e. The van der Waals surface area contributed by atoms with Crippen LogP contribution in [0, 0.1) is 11.8 Å². The maximum atomic E-state index is 12.3. The molecule has 0 bridgehead atoms. The number of rotatable bonds is 15. The minimum atomic E-state index is -1.47. The molecule has 0 radical (unpaired) electrons. The van der Waals surface area contributed by atoms with Crippen LogP contribution in [0.5, 0.6) is 23.0 Å². The monoisotopic (exact) mass is 774 g/mol. The number of hydrogen-bond acceptors (Lipinski definition) is 17. The Morgan fingerprint density at radius 1 is 0.636 bits per heavy atom. The van der Waals surface area contributed by atoms with Crippen molar-refractivity contribution in [3.63, 3.8) is 0 Å². The SMILES string of the molecule is COc1cc(C2OCC(Cc3ccc(OC4OC(COC(C)=O)C(OC(C)=O)C(OC(C)=O)C4OC(C)=O)c(OC)c3)C2COC(C)=O)ccc1OC(C)=O. The molecule has 17 nitrogen and oxygen atoms in total. The molecular formula is C38H46O17. The van der Waals surface area contributed by atoms with Gasteiger partial charge in [-0.05, 0) is 47.7 Å². The molecule has 2 aromatic rings. The number of esters is 6. The largest absolute Gasteiger partial charge is 0.493 e. The third-order valence-electron chi connectivity index (χ3n) is 8.65. The van der Waals surface area contributed by atoms with Gasteiger partial charge in [0, 0.05) is 47.5 Å². The summed E-state index contributed by atoms with van der Waals surface area (Å²) in [5, 5.41) is 0. The number of benzene rings is 2. The minimum Gasteiger partial charge on any atom is -0.493 e. The molecule has 2 aromatic carbocycles. The summed E-state index contributed by atoms with van der Waals surface area (Å²) in [7, 11) is 2.88. The lowest BCUT2D eigenvalue weighted by Crippen LogP contribution is -2.63. The maximum absolute atomic E-state index is 12.3. The molecule has 8 atom stereocenters. The molecule has 2 fully saturated rings. The zero-order chi connectivity index (χ0) is 40.4. The van der Waals surface area contributed by atoms with E-state index in [1.807, 2.05) is 0 Å². The molecule has 17 heteroatoms. The topological polar surface area (TPSA) is 204 Å². The lowest BCUT2D eigenvalue weighted by Gasteiger charge is -2.44. The van der Waals surface area contributed by atoms with Crippen molar-refractivity contribution >= 4 is 35.8 Å². The minimum absolute atomic E-state index is 0.0694. The Balaban J connectivity index is 1.62. The molecule has 0 amide bonds. The molecule has 0 aromatic heterocycles. The van der Waals surface area contributed by atoms with Gasteiger partial charge in [-0.3, -0.25) is 28.8 Å². The Morgan fingerprint density at radius 3 is 1.82 bits per heavy atom. The molecule has 2 aliphatic rings. The van der Waals surface area contributed by atoms with Crippen LogP contribution >= 0.6 is 0 Å². The first kappa shape index (κ1) is 42.3. The fourth-order valence-electron chi connectivity index (χ4n) is 6.46. The van der Waals surface area contributed by atoms with E-state index in [4.69, 9.17) is 52.1 Å². The lowest BCUT2D eigenvalue weighted by molar-refractivity contribution is -0.288. The van der Waals surface area contributed by atoms with Gasteiger partial charge in [0.05, 0.1) is 33.5 Å². The zero-order valence-corrected chi connectivity index (χ0v) is 31.9. The first-order valence-corrected chi connectivity index (χ1v) is 17.3. The normalized spacial score (nSPS) is 24.4. The van der Waals surface area contributed by atoms with E-state index in [1.54, 1.807) is 36.4 Å². The van der Waals surface area contributed by atoms with Crippen molar-refractivity contribution < 1.29 is 80.9 Å². The van der Waals surface area contributed by atoms with Gasteiger partial charge in [0.2, 0.25) is 12.4 Å². The van der Waals surface area contributed by atoms with E-state index < -0.39 is 79.2 Å². The van der Waals surface area contributed by atoms with Gasteiger partial charge < -0.3 is 52.1 Å². The molecule has 2 aliphatic heterocycles. The van der Waals surface area contributed by atoms with E-state index in [2.05, 4.69) is 0 Å². The van der Waals surface area contributed by atoms with Crippen LogP contribution in [0.2, 0.25) is 0 Å². The van der Waals surface area contributed by atoms with E-state index in [0.29, 0.717) is 18.8 Å². The number of methoxy groups -OCH3 is 2. The second-order valence-corrected chi connectivity index (χ2v) is 12.9. The molecular weight excluding hydrogens is 728 g/mol. The average molecular weight is 775 g/mol. The van der Waals surface area contributed by atoms with Crippen molar-refractivity contribution in [1.29, 1.82) is 0 Å². The summed E-state index contributed by atoms with van der Waals surface area (Å²) in [6, 6.07) is 10.2. The Labute approximate surface area is 317 Å². The third-order valence-corrected chi connectivity index (χ3v) is 8.65. The van der Waals surface area contributed by atoms with Gasteiger partial charge in [0.1, 0.15) is 12.7 Å². The summed E-state index contributed by atoms with van der Waals surface area (Å²) < 4.78 is 62.0. The maximum Gasteiger partial charge on any atom is 0.308 e. The molecule has 2 saturated heterocycles. The Morgan fingerprint density at radius 2 is 1.22 bits per heavy atom. The highest BCUT2D eigenvalue weighted by Gasteiger charge is 2.53. The van der Waals surface area contributed by atoms with Crippen molar-refractivity contribution in [1.82, 2.24) is 0 Å². The molecule has 0 N–H and O–H groups in total. The van der Waals surface area contributed by atoms with Gasteiger partial charge in [-0.25, -0.2) is 0 Å². The van der Waals surface area contributed by atoms with Gasteiger partial charge in [0.15, 0.2) is 35.2 Å². The van der Waals surface area contributed by atoms with Crippen molar-refractivity contribution in [2.24, 2.45) is 11.8 Å². The highest BCUT2D eigenvalue weighted by atomic mass is 16.7. The predicted molar refractivity (Wildman–Crippen MR) is 186 cm³/mol. The van der Waals surface area contributed by atoms with Crippen LogP contribution < -0.4 is 18.9 Å².